The summed E-state index contributed by atoms with van der Waals surface area (Å²) < 4.78 is 6.03. The molecule has 102 valence electrons. The van der Waals surface area contributed by atoms with Crippen molar-refractivity contribution < 1.29 is 9.53 Å². The third-order valence-corrected chi connectivity index (χ3v) is 4.49. The molecule has 2 aliphatic heterocycles. The first-order valence-corrected chi connectivity index (χ1v) is 6.74. The Morgan fingerprint density at radius 2 is 2.16 bits per heavy atom. The van der Waals surface area contributed by atoms with Gasteiger partial charge in [0.1, 0.15) is 11.9 Å². The fourth-order valence-corrected chi connectivity index (χ4v) is 3.14. The number of fused-ring (bicyclic) bond motifs is 3. The highest BCUT2D eigenvalue weighted by Gasteiger charge is 2.45. The van der Waals surface area contributed by atoms with Crippen molar-refractivity contribution in [2.24, 2.45) is 5.73 Å². The normalized spacial score (nSPS) is 26.7. The summed E-state index contributed by atoms with van der Waals surface area (Å²) in [4.78, 5) is 12.1. The molecule has 0 bridgehead atoms. The number of benzene rings is 1. The molecule has 0 saturated heterocycles. The Bertz CT molecular complexity index is 578. The lowest BCUT2D eigenvalue weighted by Crippen LogP contribution is -2.29. The largest absolute Gasteiger partial charge is 0.488 e. The van der Waals surface area contributed by atoms with Gasteiger partial charge in [-0.3, -0.25) is 4.79 Å². The van der Waals surface area contributed by atoms with Crippen LogP contribution >= 0.6 is 0 Å². The average molecular weight is 260 g/mol. The topological polar surface area (TPSA) is 64.3 Å². The molecular weight excluding hydrogens is 240 g/mol. The molecule has 2 unspecified atom stereocenters. The van der Waals surface area contributed by atoms with E-state index in [0.717, 1.165) is 22.6 Å². The molecule has 0 fully saturated rings. The van der Waals surface area contributed by atoms with Crippen LogP contribution in [0.25, 0.3) is 0 Å². The van der Waals surface area contributed by atoms with Crippen LogP contribution < -0.4 is 15.8 Å². The van der Waals surface area contributed by atoms with Crippen molar-refractivity contribution in [1.29, 1.82) is 0 Å². The SMILES string of the molecule is Cc1cc2c(c3c1NC(=O)C3(C)C)OC(CN)C2C. The molecule has 4 nitrogen and oxygen atoms in total. The third kappa shape index (κ3) is 1.46. The Morgan fingerprint density at radius 3 is 2.79 bits per heavy atom. The molecule has 0 aliphatic carbocycles. The molecule has 0 spiro atoms. The number of anilines is 1. The van der Waals surface area contributed by atoms with Gasteiger partial charge in [-0.05, 0) is 32.4 Å². The lowest BCUT2D eigenvalue weighted by atomic mass is 9.82. The van der Waals surface area contributed by atoms with Crippen LogP contribution in [0.2, 0.25) is 0 Å². The van der Waals surface area contributed by atoms with Gasteiger partial charge in [-0.2, -0.15) is 0 Å². The number of aryl methyl sites for hydroxylation is 1. The van der Waals surface area contributed by atoms with Gasteiger partial charge in [0, 0.05) is 23.6 Å². The lowest BCUT2D eigenvalue weighted by Gasteiger charge is -2.19. The molecule has 19 heavy (non-hydrogen) atoms. The fraction of sp³-hybridized carbons (Fsp3) is 0.533. The molecule has 4 heteroatoms. The van der Waals surface area contributed by atoms with Crippen molar-refractivity contribution in [1.82, 2.24) is 0 Å². The second-order valence-electron chi connectivity index (χ2n) is 6.12. The summed E-state index contributed by atoms with van der Waals surface area (Å²) >= 11 is 0. The van der Waals surface area contributed by atoms with E-state index >= 15 is 0 Å². The smallest absolute Gasteiger partial charge is 0.234 e. The van der Waals surface area contributed by atoms with Gasteiger partial charge in [-0.25, -0.2) is 0 Å². The van der Waals surface area contributed by atoms with Crippen LogP contribution in [0.5, 0.6) is 5.75 Å². The molecule has 2 atom stereocenters. The summed E-state index contributed by atoms with van der Waals surface area (Å²) in [5, 5.41) is 2.98. The van der Waals surface area contributed by atoms with E-state index in [9.17, 15) is 4.79 Å². The zero-order chi connectivity index (χ0) is 13.9. The summed E-state index contributed by atoms with van der Waals surface area (Å²) in [5.74, 6) is 1.17. The highest BCUT2D eigenvalue weighted by atomic mass is 16.5. The van der Waals surface area contributed by atoms with Gasteiger partial charge in [-0.15, -0.1) is 0 Å². The van der Waals surface area contributed by atoms with Crippen LogP contribution in [0.3, 0.4) is 0 Å². The highest BCUT2D eigenvalue weighted by Crippen LogP contribution is 2.51. The zero-order valence-electron chi connectivity index (χ0n) is 11.8. The number of nitrogens with one attached hydrogen (secondary N) is 1. The number of nitrogens with two attached hydrogens (primary N) is 1. The highest BCUT2D eigenvalue weighted by molar-refractivity contribution is 6.07. The van der Waals surface area contributed by atoms with Crippen molar-refractivity contribution in [2.75, 3.05) is 11.9 Å². The average Bonchev–Trinajstić information content (AvgIpc) is 2.78. The quantitative estimate of drug-likeness (QED) is 0.812. The van der Waals surface area contributed by atoms with E-state index < -0.39 is 5.41 Å². The summed E-state index contributed by atoms with van der Waals surface area (Å²) in [5.41, 5.74) is 9.41. The van der Waals surface area contributed by atoms with Crippen molar-refractivity contribution in [3.63, 3.8) is 0 Å². The maximum absolute atomic E-state index is 12.1. The van der Waals surface area contributed by atoms with Gasteiger partial charge in [0.2, 0.25) is 5.91 Å². The monoisotopic (exact) mass is 260 g/mol. The van der Waals surface area contributed by atoms with Gasteiger partial charge in [0.05, 0.1) is 11.1 Å². The van der Waals surface area contributed by atoms with Crippen molar-refractivity contribution in [3.05, 3.63) is 22.8 Å². The first kappa shape index (κ1) is 12.5. The van der Waals surface area contributed by atoms with E-state index in [1.165, 1.54) is 5.56 Å². The first-order valence-electron chi connectivity index (χ1n) is 6.74. The molecule has 3 rings (SSSR count). The first-order chi connectivity index (χ1) is 8.87. The number of carbonyl (C=O) groups excluding carboxylic acids is 1. The Balaban J connectivity index is 2.26. The van der Waals surface area contributed by atoms with Gasteiger partial charge in [0.15, 0.2) is 0 Å². The second-order valence-corrected chi connectivity index (χ2v) is 6.12. The molecule has 3 N–H and O–H groups in total. The Kier molecular flexibility index (Phi) is 2.45. The Hall–Kier alpha value is -1.55. The molecule has 1 amide bonds. The van der Waals surface area contributed by atoms with E-state index in [1.54, 1.807) is 0 Å². The van der Waals surface area contributed by atoms with Crippen LogP contribution in [0.4, 0.5) is 5.69 Å². The van der Waals surface area contributed by atoms with Crippen LogP contribution in [0, 0.1) is 6.92 Å². The van der Waals surface area contributed by atoms with Crippen LogP contribution in [-0.4, -0.2) is 18.6 Å². The summed E-state index contributed by atoms with van der Waals surface area (Å²) in [6.45, 7) is 8.54. The van der Waals surface area contributed by atoms with Crippen LogP contribution in [-0.2, 0) is 10.2 Å². The molecule has 0 aromatic heterocycles. The second kappa shape index (κ2) is 3.73. The predicted octanol–water partition coefficient (Wildman–Crippen LogP) is 2.05. The van der Waals surface area contributed by atoms with Gasteiger partial charge < -0.3 is 15.8 Å². The number of hydrogen-bond donors (Lipinski definition) is 2. The predicted molar refractivity (Wildman–Crippen MR) is 74.7 cm³/mol. The molecule has 1 aromatic rings. The molecule has 2 aliphatic rings. The van der Waals surface area contributed by atoms with E-state index in [2.05, 4.69) is 18.3 Å². The minimum atomic E-state index is -0.547. The zero-order valence-corrected chi connectivity index (χ0v) is 11.8. The third-order valence-electron chi connectivity index (χ3n) is 4.49. The van der Waals surface area contributed by atoms with Crippen molar-refractivity contribution in [3.8, 4) is 5.75 Å². The summed E-state index contributed by atoms with van der Waals surface area (Å²) in [7, 11) is 0. The minimum Gasteiger partial charge on any atom is -0.488 e. The van der Waals surface area contributed by atoms with E-state index in [1.807, 2.05) is 20.8 Å². The number of rotatable bonds is 1. The van der Waals surface area contributed by atoms with E-state index in [4.69, 9.17) is 10.5 Å². The number of ether oxygens (including phenoxy) is 1. The molecular formula is C15H20N2O2. The Morgan fingerprint density at radius 1 is 1.47 bits per heavy atom. The van der Waals surface area contributed by atoms with Gasteiger partial charge in [0.25, 0.3) is 0 Å². The molecule has 0 radical (unpaired) electrons. The van der Waals surface area contributed by atoms with Gasteiger partial charge >= 0.3 is 0 Å². The minimum absolute atomic E-state index is 0.00685. The number of carbonyl (C=O) groups is 1. The number of amides is 1. The molecule has 0 saturated carbocycles. The lowest BCUT2D eigenvalue weighted by molar-refractivity contribution is -0.119. The van der Waals surface area contributed by atoms with Gasteiger partial charge in [-0.1, -0.05) is 6.92 Å². The summed E-state index contributed by atoms with van der Waals surface area (Å²) in [6.07, 6.45) is 0.00685. The molecule has 1 aromatic carbocycles. The summed E-state index contributed by atoms with van der Waals surface area (Å²) in [6, 6.07) is 2.12. The standard InChI is InChI=1S/C15H20N2O2/c1-7-5-9-8(2)10(6-16)19-13(9)11-12(7)17-14(18)15(11,3)4/h5,8,10H,6,16H2,1-4H3,(H,17,18). The van der Waals surface area contributed by atoms with Crippen molar-refractivity contribution in [2.45, 2.75) is 45.1 Å². The van der Waals surface area contributed by atoms with Crippen LogP contribution in [0.15, 0.2) is 6.07 Å². The van der Waals surface area contributed by atoms with E-state index in [-0.39, 0.29) is 17.9 Å². The van der Waals surface area contributed by atoms with Crippen LogP contribution in [0.1, 0.15) is 43.4 Å². The number of hydrogen-bond acceptors (Lipinski definition) is 3. The fourth-order valence-electron chi connectivity index (χ4n) is 3.14. The van der Waals surface area contributed by atoms with Crippen molar-refractivity contribution >= 4 is 11.6 Å². The Labute approximate surface area is 113 Å². The maximum Gasteiger partial charge on any atom is 0.234 e. The van der Waals surface area contributed by atoms with E-state index in [0.29, 0.717) is 6.54 Å². The maximum atomic E-state index is 12.1. The molecule has 2 heterocycles.